The molecule has 1 aromatic heterocycles. The summed E-state index contributed by atoms with van der Waals surface area (Å²) >= 11 is 5.73. The molecule has 0 saturated carbocycles. The zero-order valence-corrected chi connectivity index (χ0v) is 14.8. The summed E-state index contributed by atoms with van der Waals surface area (Å²) in [5, 5.41) is 0. The van der Waals surface area contributed by atoms with Crippen LogP contribution < -0.4 is 4.90 Å². The molecule has 1 saturated heterocycles. The van der Waals surface area contributed by atoms with Crippen molar-refractivity contribution in [1.82, 2.24) is 14.9 Å². The van der Waals surface area contributed by atoms with Gasteiger partial charge >= 0.3 is 0 Å². The first-order valence-corrected chi connectivity index (χ1v) is 8.55. The van der Waals surface area contributed by atoms with Crippen molar-refractivity contribution in [3.05, 3.63) is 17.6 Å². The van der Waals surface area contributed by atoms with Gasteiger partial charge in [0.1, 0.15) is 17.3 Å². The quantitative estimate of drug-likeness (QED) is 0.764. The average molecular weight is 347 g/mol. The molecule has 1 fully saturated rings. The fourth-order valence-electron chi connectivity index (χ4n) is 2.55. The molecular weight excluding hydrogens is 322 g/mol. The zero-order chi connectivity index (χ0) is 17.0. The third-order valence-electron chi connectivity index (χ3n) is 3.93. The maximum Gasteiger partial charge on any atom is 0.280 e. The Morgan fingerprint density at radius 2 is 1.83 bits per heavy atom. The molecule has 0 unspecified atom stereocenters. The van der Waals surface area contributed by atoms with E-state index in [4.69, 9.17) is 11.6 Å². The van der Waals surface area contributed by atoms with Crippen LogP contribution in [0.1, 0.15) is 45.1 Å². The van der Waals surface area contributed by atoms with Crippen LogP contribution in [0.5, 0.6) is 0 Å². The largest absolute Gasteiger partial charge is 0.354 e. The van der Waals surface area contributed by atoms with Crippen LogP contribution >= 0.6 is 11.6 Å². The van der Waals surface area contributed by atoms with Crippen LogP contribution in [-0.2, 0) is 5.41 Å². The van der Waals surface area contributed by atoms with Gasteiger partial charge in [0.15, 0.2) is 0 Å². The van der Waals surface area contributed by atoms with E-state index >= 15 is 0 Å². The zero-order valence-electron chi connectivity index (χ0n) is 14.0. The minimum atomic E-state index is -2.58. The molecule has 7 heteroatoms. The van der Waals surface area contributed by atoms with Crippen molar-refractivity contribution in [1.29, 1.82) is 0 Å². The van der Waals surface area contributed by atoms with Crippen LogP contribution in [0.15, 0.2) is 6.07 Å². The van der Waals surface area contributed by atoms with Gasteiger partial charge in [0.05, 0.1) is 0 Å². The molecule has 1 aliphatic rings. The van der Waals surface area contributed by atoms with Crippen molar-refractivity contribution in [2.75, 3.05) is 43.5 Å². The standard InChI is InChI=1S/C16H25ClF2N4/c1-16(2,3)15-20-12(14(18)19)11-13(21-15)23-9-7-22(8-10-23)6-4-5-17/h11,14H,4-10H2,1-3H3. The number of rotatable bonds is 5. The van der Waals surface area contributed by atoms with Gasteiger partial charge in [-0.2, -0.15) is 0 Å². The number of hydrogen-bond donors (Lipinski definition) is 0. The number of alkyl halides is 3. The first-order valence-electron chi connectivity index (χ1n) is 8.02. The molecule has 0 aromatic carbocycles. The van der Waals surface area contributed by atoms with Gasteiger partial charge in [0.25, 0.3) is 6.43 Å². The molecule has 0 spiro atoms. The molecule has 1 aromatic rings. The highest BCUT2D eigenvalue weighted by Gasteiger charge is 2.25. The first-order chi connectivity index (χ1) is 10.8. The maximum absolute atomic E-state index is 13.2. The summed E-state index contributed by atoms with van der Waals surface area (Å²) in [6, 6.07) is 1.42. The SMILES string of the molecule is CC(C)(C)c1nc(C(F)F)cc(N2CCN(CCCCl)CC2)n1. The minimum Gasteiger partial charge on any atom is -0.354 e. The smallest absolute Gasteiger partial charge is 0.280 e. The summed E-state index contributed by atoms with van der Waals surface area (Å²) in [6.07, 6.45) is -1.61. The van der Waals surface area contributed by atoms with E-state index < -0.39 is 6.43 Å². The number of piperazine rings is 1. The van der Waals surface area contributed by atoms with Crippen LogP contribution in [-0.4, -0.2) is 53.5 Å². The van der Waals surface area contributed by atoms with Crippen molar-refractivity contribution < 1.29 is 8.78 Å². The predicted octanol–water partition coefficient (Wildman–Crippen LogP) is 3.46. The Morgan fingerprint density at radius 3 is 2.35 bits per heavy atom. The van der Waals surface area contributed by atoms with Gasteiger partial charge in [-0.05, 0) is 13.0 Å². The number of halogens is 3. The van der Waals surface area contributed by atoms with E-state index in [0.29, 0.717) is 17.5 Å². The molecule has 0 aliphatic carbocycles. The molecule has 4 nitrogen and oxygen atoms in total. The van der Waals surface area contributed by atoms with Gasteiger partial charge in [-0.25, -0.2) is 18.7 Å². The lowest BCUT2D eigenvalue weighted by Gasteiger charge is -2.35. The summed E-state index contributed by atoms with van der Waals surface area (Å²) < 4.78 is 26.3. The molecule has 0 radical (unpaired) electrons. The molecule has 130 valence electrons. The monoisotopic (exact) mass is 346 g/mol. The molecule has 0 N–H and O–H groups in total. The van der Waals surface area contributed by atoms with Gasteiger partial charge in [-0.15, -0.1) is 11.6 Å². The van der Waals surface area contributed by atoms with Crippen LogP contribution in [0.4, 0.5) is 14.6 Å². The Bertz CT molecular complexity index is 511. The summed E-state index contributed by atoms with van der Waals surface area (Å²) in [7, 11) is 0. The Kier molecular flexibility index (Phi) is 6.14. The molecule has 0 bridgehead atoms. The molecule has 1 aliphatic heterocycles. The topological polar surface area (TPSA) is 32.3 Å². The van der Waals surface area contributed by atoms with Gasteiger partial charge in [-0.3, -0.25) is 4.90 Å². The highest BCUT2D eigenvalue weighted by atomic mass is 35.5. The maximum atomic E-state index is 13.2. The van der Waals surface area contributed by atoms with Crippen molar-refractivity contribution in [3.63, 3.8) is 0 Å². The van der Waals surface area contributed by atoms with E-state index in [0.717, 1.165) is 39.1 Å². The number of hydrogen-bond acceptors (Lipinski definition) is 4. The van der Waals surface area contributed by atoms with Crippen molar-refractivity contribution >= 4 is 17.4 Å². The second-order valence-corrected chi connectivity index (χ2v) is 7.27. The third kappa shape index (κ3) is 4.98. The van der Waals surface area contributed by atoms with Crippen LogP contribution in [0, 0.1) is 0 Å². The fourth-order valence-corrected chi connectivity index (χ4v) is 2.67. The van der Waals surface area contributed by atoms with E-state index in [2.05, 4.69) is 19.8 Å². The summed E-state index contributed by atoms with van der Waals surface area (Å²) in [5.74, 6) is 1.74. The molecule has 23 heavy (non-hydrogen) atoms. The van der Waals surface area contributed by atoms with Gasteiger partial charge in [-0.1, -0.05) is 20.8 Å². The van der Waals surface area contributed by atoms with Crippen LogP contribution in [0.25, 0.3) is 0 Å². The summed E-state index contributed by atoms with van der Waals surface area (Å²) in [4.78, 5) is 13.0. The van der Waals surface area contributed by atoms with Gasteiger partial charge in [0, 0.05) is 43.5 Å². The Hall–Kier alpha value is -1.01. The van der Waals surface area contributed by atoms with E-state index in [1.807, 2.05) is 20.8 Å². The second-order valence-electron chi connectivity index (χ2n) is 6.90. The Labute approximate surface area is 141 Å². The number of aromatic nitrogens is 2. The number of nitrogens with zero attached hydrogens (tertiary/aromatic N) is 4. The lowest BCUT2D eigenvalue weighted by molar-refractivity contribution is 0.145. The Morgan fingerprint density at radius 1 is 1.17 bits per heavy atom. The van der Waals surface area contributed by atoms with Gasteiger partial charge < -0.3 is 4.90 Å². The van der Waals surface area contributed by atoms with E-state index in [-0.39, 0.29) is 11.1 Å². The van der Waals surface area contributed by atoms with Crippen LogP contribution in [0.2, 0.25) is 0 Å². The van der Waals surface area contributed by atoms with Gasteiger partial charge in [0.2, 0.25) is 0 Å². The lowest BCUT2D eigenvalue weighted by atomic mass is 9.95. The molecule has 0 amide bonds. The summed E-state index contributed by atoms with van der Waals surface area (Å²) in [5.41, 5.74) is -0.550. The normalized spacial score (nSPS) is 17.1. The molecule has 2 heterocycles. The van der Waals surface area contributed by atoms with E-state index in [1.54, 1.807) is 0 Å². The third-order valence-corrected chi connectivity index (χ3v) is 4.20. The molecule has 2 rings (SSSR count). The highest BCUT2D eigenvalue weighted by molar-refractivity contribution is 6.17. The number of anilines is 1. The predicted molar refractivity (Wildman–Crippen MR) is 89.7 cm³/mol. The lowest BCUT2D eigenvalue weighted by Crippen LogP contribution is -2.47. The molecule has 0 atom stereocenters. The van der Waals surface area contributed by atoms with Crippen molar-refractivity contribution in [3.8, 4) is 0 Å². The van der Waals surface area contributed by atoms with Crippen LogP contribution in [0.3, 0.4) is 0 Å². The second kappa shape index (κ2) is 7.71. The highest BCUT2D eigenvalue weighted by Crippen LogP contribution is 2.27. The molecular formula is C16H25ClF2N4. The summed E-state index contributed by atoms with van der Waals surface area (Å²) in [6.45, 7) is 10.2. The van der Waals surface area contributed by atoms with Crippen molar-refractivity contribution in [2.24, 2.45) is 0 Å². The minimum absolute atomic E-state index is 0.190. The Balaban J connectivity index is 2.15. The van der Waals surface area contributed by atoms with E-state index in [1.165, 1.54) is 6.07 Å². The first kappa shape index (κ1) is 18.3. The van der Waals surface area contributed by atoms with Crippen molar-refractivity contribution in [2.45, 2.75) is 39.0 Å². The van der Waals surface area contributed by atoms with E-state index in [9.17, 15) is 8.78 Å². The fraction of sp³-hybridized carbons (Fsp3) is 0.750. The average Bonchev–Trinajstić information content (AvgIpc) is 2.52.